The quantitative estimate of drug-likeness (QED) is 0.563. The standard InChI is InChI=1S/C7H7NO5S/c9-5-8-6-3-1-2-4-7(6)13-14(10,11)12/h1-5H,(H,8,9)(H,10,11,12). The van der Waals surface area contributed by atoms with E-state index in [1.165, 1.54) is 18.2 Å². The Bertz CT molecular complexity index is 427. The Balaban J connectivity index is 3.01. The third kappa shape index (κ3) is 3.04. The first kappa shape index (κ1) is 10.5. The lowest BCUT2D eigenvalue weighted by molar-refractivity contribution is -0.105. The summed E-state index contributed by atoms with van der Waals surface area (Å²) in [6, 6.07) is 5.79. The molecule has 0 spiro atoms. The van der Waals surface area contributed by atoms with Gasteiger partial charge in [-0.1, -0.05) is 12.1 Å². The van der Waals surface area contributed by atoms with E-state index < -0.39 is 10.4 Å². The van der Waals surface area contributed by atoms with Crippen LogP contribution in [0.2, 0.25) is 0 Å². The lowest BCUT2D eigenvalue weighted by atomic mass is 10.3. The summed E-state index contributed by atoms with van der Waals surface area (Å²) in [4.78, 5) is 10.1. The van der Waals surface area contributed by atoms with Crippen LogP contribution in [0.3, 0.4) is 0 Å². The smallest absolute Gasteiger partial charge is 0.360 e. The monoisotopic (exact) mass is 217 g/mol. The summed E-state index contributed by atoms with van der Waals surface area (Å²) in [6.07, 6.45) is 0.367. The number of rotatable bonds is 4. The molecule has 1 amide bonds. The van der Waals surface area contributed by atoms with Crippen LogP contribution in [0.1, 0.15) is 0 Å². The maximum Gasteiger partial charge on any atom is 0.446 e. The Hall–Kier alpha value is -1.60. The van der Waals surface area contributed by atoms with Crippen molar-refractivity contribution >= 4 is 22.5 Å². The number of amides is 1. The fourth-order valence-electron chi connectivity index (χ4n) is 0.835. The van der Waals surface area contributed by atoms with Gasteiger partial charge in [-0.2, -0.15) is 8.42 Å². The Labute approximate surface area is 80.5 Å². The van der Waals surface area contributed by atoms with E-state index in [4.69, 9.17) is 4.55 Å². The van der Waals surface area contributed by atoms with E-state index in [1.54, 1.807) is 6.07 Å². The highest BCUT2D eigenvalue weighted by molar-refractivity contribution is 7.81. The number of benzene rings is 1. The van der Waals surface area contributed by atoms with Gasteiger partial charge in [0.15, 0.2) is 5.75 Å². The minimum atomic E-state index is -4.57. The first-order chi connectivity index (χ1) is 6.53. The molecule has 0 bridgehead atoms. The molecule has 1 aromatic carbocycles. The molecule has 6 nitrogen and oxygen atoms in total. The van der Waals surface area contributed by atoms with E-state index in [-0.39, 0.29) is 11.4 Å². The Morgan fingerprint density at radius 2 is 2.00 bits per heavy atom. The molecular formula is C7H7NO5S. The highest BCUT2D eigenvalue weighted by Crippen LogP contribution is 2.23. The van der Waals surface area contributed by atoms with Crippen LogP contribution < -0.4 is 9.50 Å². The van der Waals surface area contributed by atoms with E-state index in [2.05, 4.69) is 9.50 Å². The number of anilines is 1. The molecule has 2 N–H and O–H groups in total. The van der Waals surface area contributed by atoms with Gasteiger partial charge in [-0.15, -0.1) is 0 Å². The first-order valence-electron chi connectivity index (χ1n) is 3.49. The molecule has 0 fully saturated rings. The van der Waals surface area contributed by atoms with Gasteiger partial charge in [-0.05, 0) is 12.1 Å². The maximum absolute atomic E-state index is 10.4. The van der Waals surface area contributed by atoms with Crippen molar-refractivity contribution in [1.82, 2.24) is 0 Å². The second-order valence-electron chi connectivity index (χ2n) is 2.27. The third-order valence-corrected chi connectivity index (χ3v) is 1.69. The summed E-state index contributed by atoms with van der Waals surface area (Å²) >= 11 is 0. The number of carbonyl (C=O) groups excluding carboxylic acids is 1. The molecule has 0 aromatic heterocycles. The lowest BCUT2D eigenvalue weighted by Crippen LogP contribution is -2.08. The van der Waals surface area contributed by atoms with Crippen molar-refractivity contribution in [3.8, 4) is 5.75 Å². The van der Waals surface area contributed by atoms with Crippen molar-refractivity contribution in [2.75, 3.05) is 5.32 Å². The Morgan fingerprint density at radius 1 is 1.36 bits per heavy atom. The molecule has 0 aliphatic rings. The van der Waals surface area contributed by atoms with Gasteiger partial charge in [0.1, 0.15) is 0 Å². The van der Waals surface area contributed by atoms with Gasteiger partial charge in [0.25, 0.3) is 0 Å². The summed E-state index contributed by atoms with van der Waals surface area (Å²) in [7, 11) is -4.57. The molecule has 14 heavy (non-hydrogen) atoms. The van der Waals surface area contributed by atoms with Gasteiger partial charge >= 0.3 is 10.4 Å². The first-order valence-corrected chi connectivity index (χ1v) is 4.85. The summed E-state index contributed by atoms with van der Waals surface area (Å²) in [6.45, 7) is 0. The highest BCUT2D eigenvalue weighted by Gasteiger charge is 2.10. The molecule has 0 atom stereocenters. The predicted molar refractivity (Wildman–Crippen MR) is 48.3 cm³/mol. The van der Waals surface area contributed by atoms with Crippen molar-refractivity contribution in [3.05, 3.63) is 24.3 Å². The average molecular weight is 217 g/mol. The molecule has 0 radical (unpaired) electrons. The van der Waals surface area contributed by atoms with E-state index in [9.17, 15) is 13.2 Å². The zero-order chi connectivity index (χ0) is 10.6. The van der Waals surface area contributed by atoms with Crippen LogP contribution in [-0.4, -0.2) is 19.4 Å². The van der Waals surface area contributed by atoms with Gasteiger partial charge in [0.2, 0.25) is 6.41 Å². The fraction of sp³-hybridized carbons (Fsp3) is 0. The lowest BCUT2D eigenvalue weighted by Gasteiger charge is -2.06. The predicted octanol–water partition coefficient (Wildman–Crippen LogP) is 0.436. The molecule has 7 heteroatoms. The third-order valence-electron chi connectivity index (χ3n) is 1.30. The van der Waals surface area contributed by atoms with Gasteiger partial charge < -0.3 is 9.50 Å². The number of hydrogen-bond donors (Lipinski definition) is 2. The summed E-state index contributed by atoms with van der Waals surface area (Å²) in [5.41, 5.74) is 0.153. The van der Waals surface area contributed by atoms with Crippen molar-refractivity contribution in [2.24, 2.45) is 0 Å². The number of nitrogens with one attached hydrogen (secondary N) is 1. The molecule has 0 aliphatic heterocycles. The number of para-hydroxylation sites is 2. The maximum atomic E-state index is 10.4. The molecule has 1 aromatic rings. The second-order valence-corrected chi connectivity index (χ2v) is 3.29. The van der Waals surface area contributed by atoms with Gasteiger partial charge in [-0.3, -0.25) is 9.35 Å². The second kappa shape index (κ2) is 4.07. The van der Waals surface area contributed by atoms with Crippen molar-refractivity contribution in [3.63, 3.8) is 0 Å². The Kier molecular flexibility index (Phi) is 3.05. The molecule has 1 rings (SSSR count). The summed E-state index contributed by atoms with van der Waals surface area (Å²) in [5, 5.41) is 2.22. The molecule has 76 valence electrons. The number of carbonyl (C=O) groups is 1. The van der Waals surface area contributed by atoms with Crippen LogP contribution in [0.4, 0.5) is 5.69 Å². The largest absolute Gasteiger partial charge is 0.446 e. The fourth-order valence-corrected chi connectivity index (χ4v) is 1.21. The van der Waals surface area contributed by atoms with Crippen LogP contribution in [0.15, 0.2) is 24.3 Å². The van der Waals surface area contributed by atoms with Gasteiger partial charge in [0, 0.05) is 0 Å². The summed E-state index contributed by atoms with van der Waals surface area (Å²) < 4.78 is 33.3. The minimum absolute atomic E-state index is 0.151. The zero-order valence-corrected chi connectivity index (χ0v) is 7.69. The van der Waals surface area contributed by atoms with Crippen LogP contribution in [0.5, 0.6) is 5.75 Å². The van der Waals surface area contributed by atoms with Crippen molar-refractivity contribution in [2.45, 2.75) is 0 Å². The summed E-state index contributed by atoms with van der Waals surface area (Å²) in [5.74, 6) is -0.151. The molecule has 0 saturated carbocycles. The van der Waals surface area contributed by atoms with Gasteiger partial charge in [0.05, 0.1) is 5.69 Å². The average Bonchev–Trinajstić information content (AvgIpc) is 2.06. The normalized spacial score (nSPS) is 10.6. The van der Waals surface area contributed by atoms with E-state index >= 15 is 0 Å². The van der Waals surface area contributed by atoms with Crippen LogP contribution in [-0.2, 0) is 15.2 Å². The van der Waals surface area contributed by atoms with Crippen LogP contribution in [0, 0.1) is 0 Å². The Morgan fingerprint density at radius 3 is 2.57 bits per heavy atom. The topological polar surface area (TPSA) is 92.7 Å². The van der Waals surface area contributed by atoms with Crippen LogP contribution in [0.25, 0.3) is 0 Å². The van der Waals surface area contributed by atoms with E-state index in [0.29, 0.717) is 6.41 Å². The molecular weight excluding hydrogens is 210 g/mol. The van der Waals surface area contributed by atoms with Crippen molar-refractivity contribution in [1.29, 1.82) is 0 Å². The molecule has 0 aliphatic carbocycles. The SMILES string of the molecule is O=CNc1ccccc1OS(=O)(=O)O. The number of hydrogen-bond acceptors (Lipinski definition) is 4. The van der Waals surface area contributed by atoms with E-state index in [0.717, 1.165) is 0 Å². The molecule has 0 unspecified atom stereocenters. The molecule has 0 saturated heterocycles. The minimum Gasteiger partial charge on any atom is -0.360 e. The zero-order valence-electron chi connectivity index (χ0n) is 6.88. The van der Waals surface area contributed by atoms with Gasteiger partial charge in [-0.25, -0.2) is 0 Å². The van der Waals surface area contributed by atoms with Crippen molar-refractivity contribution < 1.29 is 21.9 Å². The van der Waals surface area contributed by atoms with Crippen LogP contribution >= 0.6 is 0 Å². The van der Waals surface area contributed by atoms with E-state index in [1.807, 2.05) is 0 Å². The highest BCUT2D eigenvalue weighted by atomic mass is 32.3. The molecule has 0 heterocycles.